The third kappa shape index (κ3) is 4.15. The minimum absolute atomic E-state index is 0.239. The van der Waals surface area contributed by atoms with Gasteiger partial charge < -0.3 is 4.74 Å². The van der Waals surface area contributed by atoms with Crippen molar-refractivity contribution in [2.45, 2.75) is 0 Å². The molecule has 0 radical (unpaired) electrons. The van der Waals surface area contributed by atoms with Gasteiger partial charge in [0.25, 0.3) is 5.91 Å². The van der Waals surface area contributed by atoms with Crippen LogP contribution in [0.25, 0.3) is 11.3 Å². The molecule has 1 aromatic heterocycles. The van der Waals surface area contributed by atoms with Crippen LogP contribution in [0.1, 0.15) is 16.1 Å². The van der Waals surface area contributed by atoms with Crippen LogP contribution in [0.2, 0.25) is 0 Å². The van der Waals surface area contributed by atoms with Crippen molar-refractivity contribution in [1.82, 2.24) is 15.6 Å². The smallest absolute Gasteiger partial charge is 0.289 e. The lowest BCUT2D eigenvalue weighted by Gasteiger charge is -2.00. The van der Waals surface area contributed by atoms with Crippen LogP contribution < -0.4 is 10.2 Å². The molecule has 2 N–H and O–H groups in total. The number of aromatic amines is 1. The Hall–Kier alpha value is -3.00. The topological polar surface area (TPSA) is 79.4 Å². The van der Waals surface area contributed by atoms with Crippen molar-refractivity contribution in [3.05, 3.63) is 70.1 Å². The lowest BCUT2D eigenvalue weighted by molar-refractivity contribution is 0.0950. The van der Waals surface area contributed by atoms with E-state index in [4.69, 9.17) is 4.74 Å². The number of ether oxygens (including phenoxy) is 1. The third-order valence-corrected chi connectivity index (χ3v) is 4.03. The van der Waals surface area contributed by atoms with Crippen LogP contribution in [0.4, 0.5) is 4.39 Å². The number of hydrogen-bond donors (Lipinski definition) is 2. The van der Waals surface area contributed by atoms with Gasteiger partial charge in [-0.2, -0.15) is 10.2 Å². The zero-order valence-corrected chi connectivity index (χ0v) is 15.2. The van der Waals surface area contributed by atoms with Gasteiger partial charge >= 0.3 is 0 Å². The molecule has 2 aromatic carbocycles. The van der Waals surface area contributed by atoms with Crippen LogP contribution in [0.5, 0.6) is 5.75 Å². The van der Waals surface area contributed by atoms with Gasteiger partial charge in [-0.15, -0.1) is 0 Å². The molecule has 0 spiro atoms. The van der Waals surface area contributed by atoms with Crippen molar-refractivity contribution >= 4 is 28.1 Å². The van der Waals surface area contributed by atoms with Crippen molar-refractivity contribution < 1.29 is 13.9 Å². The number of halogens is 2. The molecule has 0 unspecified atom stereocenters. The molecule has 26 heavy (non-hydrogen) atoms. The van der Waals surface area contributed by atoms with E-state index < -0.39 is 11.7 Å². The Morgan fingerprint density at radius 2 is 2.04 bits per heavy atom. The Bertz CT molecular complexity index is 954. The van der Waals surface area contributed by atoms with Gasteiger partial charge in [-0.25, -0.2) is 9.82 Å². The average molecular weight is 417 g/mol. The molecule has 0 fully saturated rings. The lowest BCUT2D eigenvalue weighted by atomic mass is 10.1. The van der Waals surface area contributed by atoms with Crippen molar-refractivity contribution in [3.8, 4) is 17.0 Å². The van der Waals surface area contributed by atoms with E-state index in [1.807, 2.05) is 12.1 Å². The number of nitrogens with zero attached hydrogens (tertiary/aromatic N) is 2. The molecule has 1 heterocycles. The summed E-state index contributed by atoms with van der Waals surface area (Å²) in [5, 5.41) is 10.5. The Balaban J connectivity index is 1.68. The maximum atomic E-state index is 13.6. The molecule has 0 aliphatic rings. The highest BCUT2D eigenvalue weighted by molar-refractivity contribution is 9.10. The molecule has 1 amide bonds. The maximum Gasteiger partial charge on any atom is 0.289 e. The first-order valence-corrected chi connectivity index (χ1v) is 8.34. The molecule has 132 valence electrons. The van der Waals surface area contributed by atoms with Gasteiger partial charge in [0.1, 0.15) is 17.3 Å². The molecule has 0 saturated carbocycles. The number of aromatic nitrogens is 2. The number of hydrazone groups is 1. The van der Waals surface area contributed by atoms with E-state index in [1.165, 1.54) is 12.3 Å². The number of methoxy groups -OCH3 is 1. The summed E-state index contributed by atoms with van der Waals surface area (Å²) in [7, 11) is 1.59. The summed E-state index contributed by atoms with van der Waals surface area (Å²) in [4.78, 5) is 12.1. The highest BCUT2D eigenvalue weighted by atomic mass is 79.9. The summed E-state index contributed by atoms with van der Waals surface area (Å²) in [6, 6.07) is 13.3. The van der Waals surface area contributed by atoms with E-state index in [-0.39, 0.29) is 11.3 Å². The third-order valence-electron chi connectivity index (χ3n) is 3.54. The van der Waals surface area contributed by atoms with Crippen molar-refractivity contribution in [3.63, 3.8) is 0 Å². The van der Waals surface area contributed by atoms with Crippen molar-refractivity contribution in [1.29, 1.82) is 0 Å². The molecule has 6 nitrogen and oxygen atoms in total. The van der Waals surface area contributed by atoms with E-state index in [9.17, 15) is 9.18 Å². The van der Waals surface area contributed by atoms with E-state index in [2.05, 4.69) is 36.7 Å². The maximum absolute atomic E-state index is 13.6. The zero-order chi connectivity index (χ0) is 18.5. The highest BCUT2D eigenvalue weighted by Gasteiger charge is 2.10. The predicted octanol–water partition coefficient (Wildman–Crippen LogP) is 3.75. The Morgan fingerprint density at radius 3 is 2.77 bits per heavy atom. The number of carbonyl (C=O) groups excluding carboxylic acids is 1. The summed E-state index contributed by atoms with van der Waals surface area (Å²) in [5.41, 5.74) is 4.27. The van der Waals surface area contributed by atoms with Crippen molar-refractivity contribution in [2.75, 3.05) is 7.11 Å². The fraction of sp³-hybridized carbons (Fsp3) is 0.0556. The molecular formula is C18H14BrFN4O2. The van der Waals surface area contributed by atoms with Gasteiger partial charge in [-0.1, -0.05) is 15.9 Å². The molecule has 0 atom stereocenters. The summed E-state index contributed by atoms with van der Waals surface area (Å²) < 4.78 is 19.4. The van der Waals surface area contributed by atoms with E-state index >= 15 is 0 Å². The number of H-pyrrole nitrogens is 1. The Morgan fingerprint density at radius 1 is 1.27 bits per heavy atom. The summed E-state index contributed by atoms with van der Waals surface area (Å²) in [6.45, 7) is 0. The number of rotatable bonds is 5. The monoisotopic (exact) mass is 416 g/mol. The van der Waals surface area contributed by atoms with Crippen molar-refractivity contribution in [2.24, 2.45) is 5.10 Å². The van der Waals surface area contributed by atoms with Gasteiger partial charge in [-0.05, 0) is 48.5 Å². The average Bonchev–Trinajstić information content (AvgIpc) is 3.15. The van der Waals surface area contributed by atoms with Crippen LogP contribution in [0, 0.1) is 5.82 Å². The van der Waals surface area contributed by atoms with E-state index in [0.29, 0.717) is 10.2 Å². The second kappa shape index (κ2) is 7.92. The second-order valence-corrected chi connectivity index (χ2v) is 6.18. The number of amides is 1. The summed E-state index contributed by atoms with van der Waals surface area (Å²) in [6.07, 6.45) is 1.23. The largest absolute Gasteiger partial charge is 0.497 e. The van der Waals surface area contributed by atoms with E-state index in [1.54, 1.807) is 37.4 Å². The Labute approximate surface area is 157 Å². The minimum atomic E-state index is -0.482. The fourth-order valence-electron chi connectivity index (χ4n) is 2.18. The molecule has 0 saturated heterocycles. The molecule has 3 aromatic rings. The highest BCUT2D eigenvalue weighted by Crippen LogP contribution is 2.21. The second-order valence-electron chi connectivity index (χ2n) is 5.26. The normalized spacial score (nSPS) is 10.9. The first-order valence-electron chi connectivity index (χ1n) is 7.55. The van der Waals surface area contributed by atoms with Crippen LogP contribution >= 0.6 is 15.9 Å². The van der Waals surface area contributed by atoms with E-state index in [0.717, 1.165) is 11.3 Å². The number of benzene rings is 2. The first-order chi connectivity index (χ1) is 12.6. The molecular weight excluding hydrogens is 403 g/mol. The standard InChI is InChI=1S/C18H14BrFN4O2/c1-26-14-5-2-11(3-6-14)16-9-17(23-22-16)18(25)24-21-10-12-8-13(19)4-7-15(12)20/h2-10H,1H3,(H,22,23)(H,24,25)/b21-10-. The minimum Gasteiger partial charge on any atom is -0.497 e. The number of carbonyl (C=O) groups is 1. The van der Waals surface area contributed by atoms with Gasteiger partial charge in [0.15, 0.2) is 0 Å². The molecule has 8 heteroatoms. The summed E-state index contributed by atoms with van der Waals surface area (Å²) in [5.74, 6) is -0.185. The SMILES string of the molecule is COc1ccc(-c2cc(C(=O)N/N=C\c3cc(Br)ccc3F)[nH]n2)cc1. The number of nitrogens with one attached hydrogen (secondary N) is 2. The first kappa shape index (κ1) is 17.8. The molecule has 3 rings (SSSR count). The summed E-state index contributed by atoms with van der Waals surface area (Å²) >= 11 is 3.25. The van der Waals surface area contributed by atoms with Gasteiger partial charge in [0.2, 0.25) is 0 Å². The quantitative estimate of drug-likeness (QED) is 0.490. The predicted molar refractivity (Wildman–Crippen MR) is 99.7 cm³/mol. The molecule has 0 bridgehead atoms. The van der Waals surface area contributed by atoms with Crippen LogP contribution in [-0.2, 0) is 0 Å². The Kier molecular flexibility index (Phi) is 5.43. The zero-order valence-electron chi connectivity index (χ0n) is 13.7. The van der Waals surface area contributed by atoms with Gasteiger partial charge in [-0.3, -0.25) is 9.89 Å². The van der Waals surface area contributed by atoms with Gasteiger partial charge in [0, 0.05) is 15.6 Å². The van der Waals surface area contributed by atoms with Gasteiger partial charge in [0.05, 0.1) is 19.0 Å². The van der Waals surface area contributed by atoms with Crippen LogP contribution in [-0.4, -0.2) is 29.4 Å². The lowest BCUT2D eigenvalue weighted by Crippen LogP contribution is -2.18. The van der Waals surface area contributed by atoms with Crippen LogP contribution in [0.15, 0.2) is 58.1 Å². The van der Waals surface area contributed by atoms with Crippen LogP contribution in [0.3, 0.4) is 0 Å². The molecule has 0 aliphatic carbocycles. The molecule has 0 aliphatic heterocycles. The number of hydrogen-bond acceptors (Lipinski definition) is 4. The fourth-order valence-corrected chi connectivity index (χ4v) is 2.56.